The molecule has 1 aromatic carbocycles. The van der Waals surface area contributed by atoms with Crippen LogP contribution < -0.4 is 4.74 Å². The molecule has 0 saturated carbocycles. The summed E-state index contributed by atoms with van der Waals surface area (Å²) in [6.45, 7) is 3.66. The molecule has 134 valence electrons. The first-order chi connectivity index (χ1) is 12.3. The molecule has 0 N–H and O–H groups in total. The topological polar surface area (TPSA) is 44.1 Å². The molecule has 25 heavy (non-hydrogen) atoms. The monoisotopic (exact) mass is 340 g/mol. The number of nitrogens with zero attached hydrogens (tertiary/aromatic N) is 2. The highest BCUT2D eigenvalue weighted by molar-refractivity contribution is 5.98. The van der Waals surface area contributed by atoms with Crippen molar-refractivity contribution in [1.82, 2.24) is 9.55 Å². The van der Waals surface area contributed by atoms with Gasteiger partial charge in [-0.2, -0.15) is 0 Å². The first-order valence-corrected chi connectivity index (χ1v) is 9.56. The van der Waals surface area contributed by atoms with Crippen molar-refractivity contribution in [2.75, 3.05) is 6.61 Å². The molecule has 0 unspecified atom stereocenters. The Morgan fingerprint density at radius 3 is 2.80 bits per heavy atom. The lowest BCUT2D eigenvalue weighted by Crippen LogP contribution is -2.14. The Morgan fingerprint density at radius 2 is 2.04 bits per heavy atom. The minimum Gasteiger partial charge on any atom is -0.493 e. The van der Waals surface area contributed by atoms with Gasteiger partial charge in [0.2, 0.25) is 0 Å². The lowest BCUT2D eigenvalue weighted by molar-refractivity contribution is 0.0975. The predicted octanol–water partition coefficient (Wildman–Crippen LogP) is 4.60. The summed E-state index contributed by atoms with van der Waals surface area (Å²) >= 11 is 0. The molecule has 1 heterocycles. The van der Waals surface area contributed by atoms with E-state index in [1.165, 1.54) is 30.4 Å². The number of carbonyl (C=O) groups is 1. The van der Waals surface area contributed by atoms with Crippen molar-refractivity contribution in [3.05, 3.63) is 47.5 Å². The third-order valence-corrected chi connectivity index (χ3v) is 4.95. The zero-order valence-electron chi connectivity index (χ0n) is 15.2. The van der Waals surface area contributed by atoms with Gasteiger partial charge in [0.15, 0.2) is 5.78 Å². The van der Waals surface area contributed by atoms with Crippen LogP contribution in [-0.4, -0.2) is 21.9 Å². The maximum Gasteiger partial charge on any atom is 0.164 e. The second-order valence-corrected chi connectivity index (χ2v) is 6.80. The number of imidazole rings is 1. The van der Waals surface area contributed by atoms with Crippen molar-refractivity contribution in [3.63, 3.8) is 0 Å². The summed E-state index contributed by atoms with van der Waals surface area (Å²) in [6.07, 6.45) is 13.8. The summed E-state index contributed by atoms with van der Waals surface area (Å²) in [5.41, 5.74) is 3.40. The number of fused-ring (bicyclic) bond motifs is 1. The fourth-order valence-electron chi connectivity index (χ4n) is 3.55. The van der Waals surface area contributed by atoms with Gasteiger partial charge in [0.1, 0.15) is 5.75 Å². The number of rotatable bonds is 9. The molecule has 0 aliphatic heterocycles. The Morgan fingerprint density at radius 1 is 1.20 bits per heavy atom. The molecule has 0 atom stereocenters. The van der Waals surface area contributed by atoms with E-state index >= 15 is 0 Å². The maximum absolute atomic E-state index is 12.7. The van der Waals surface area contributed by atoms with Gasteiger partial charge in [0.25, 0.3) is 0 Å². The fourth-order valence-corrected chi connectivity index (χ4v) is 3.55. The quantitative estimate of drug-likeness (QED) is 0.495. The first-order valence-electron chi connectivity index (χ1n) is 9.56. The molecule has 3 rings (SSSR count). The van der Waals surface area contributed by atoms with Crippen LogP contribution in [0.2, 0.25) is 0 Å². The summed E-state index contributed by atoms with van der Waals surface area (Å²) in [5, 5.41) is 0. The second-order valence-electron chi connectivity index (χ2n) is 6.80. The van der Waals surface area contributed by atoms with E-state index < -0.39 is 0 Å². The van der Waals surface area contributed by atoms with Gasteiger partial charge in [-0.3, -0.25) is 4.79 Å². The van der Waals surface area contributed by atoms with E-state index in [-0.39, 0.29) is 5.78 Å². The number of hydrogen-bond donors (Lipinski definition) is 0. The summed E-state index contributed by atoms with van der Waals surface area (Å²) in [5.74, 6) is 1.22. The van der Waals surface area contributed by atoms with Crippen LogP contribution in [0.3, 0.4) is 0 Å². The predicted molar refractivity (Wildman–Crippen MR) is 99.3 cm³/mol. The smallest absolute Gasteiger partial charge is 0.164 e. The van der Waals surface area contributed by atoms with Gasteiger partial charge < -0.3 is 9.30 Å². The summed E-state index contributed by atoms with van der Waals surface area (Å²) in [7, 11) is 0. The van der Waals surface area contributed by atoms with Crippen molar-refractivity contribution >= 4 is 5.78 Å². The number of carbonyl (C=O) groups excluding carboxylic acids is 1. The summed E-state index contributed by atoms with van der Waals surface area (Å²) in [6, 6.07) is 4.00. The minimum absolute atomic E-state index is 0.226. The van der Waals surface area contributed by atoms with Crippen LogP contribution in [-0.2, 0) is 19.4 Å². The number of unbranched alkanes of at least 4 members (excludes halogenated alkanes) is 2. The molecule has 4 heteroatoms. The molecule has 1 aliphatic rings. The van der Waals surface area contributed by atoms with Crippen molar-refractivity contribution in [2.45, 2.75) is 64.8 Å². The van der Waals surface area contributed by atoms with Crippen molar-refractivity contribution in [3.8, 4) is 5.75 Å². The second kappa shape index (κ2) is 8.84. The molecule has 4 nitrogen and oxygen atoms in total. The normalized spacial score (nSPS) is 13.5. The average Bonchev–Trinajstić information content (AvgIpc) is 3.17. The zero-order valence-corrected chi connectivity index (χ0v) is 15.2. The molecule has 2 aromatic rings. The highest BCUT2D eigenvalue weighted by Gasteiger charge is 2.21. The molecular weight excluding hydrogens is 312 g/mol. The fraction of sp³-hybridized carbons (Fsp3) is 0.524. The largest absolute Gasteiger partial charge is 0.493 e. The van der Waals surface area contributed by atoms with Gasteiger partial charge in [-0.1, -0.05) is 19.8 Å². The van der Waals surface area contributed by atoms with E-state index in [0.717, 1.165) is 43.6 Å². The zero-order chi connectivity index (χ0) is 17.5. The SMILES string of the molecule is CCCCCOc1ccc(C(=O)CCn2ccnc2)c2c1CCCC2. The molecule has 0 radical (unpaired) electrons. The van der Waals surface area contributed by atoms with Crippen LogP contribution in [0.5, 0.6) is 5.75 Å². The number of aromatic nitrogens is 2. The lowest BCUT2D eigenvalue weighted by atomic mass is 9.86. The standard InChI is InChI=1S/C21H28N2O2/c1-2-3-6-15-25-21-10-9-18(17-7-4-5-8-19(17)21)20(24)11-13-23-14-12-22-16-23/h9-10,12,14,16H,2-8,11,13,15H2,1H3. The minimum atomic E-state index is 0.226. The number of ketones is 1. The average molecular weight is 340 g/mol. The third kappa shape index (κ3) is 4.50. The van der Waals surface area contributed by atoms with Gasteiger partial charge in [-0.15, -0.1) is 0 Å². The van der Waals surface area contributed by atoms with Crippen LogP contribution in [0.4, 0.5) is 0 Å². The van der Waals surface area contributed by atoms with E-state index in [1.807, 2.05) is 22.9 Å². The van der Waals surface area contributed by atoms with Gasteiger partial charge in [0.05, 0.1) is 12.9 Å². The van der Waals surface area contributed by atoms with Crippen molar-refractivity contribution in [1.29, 1.82) is 0 Å². The number of benzene rings is 1. The highest BCUT2D eigenvalue weighted by Crippen LogP contribution is 2.33. The summed E-state index contributed by atoms with van der Waals surface area (Å²) in [4.78, 5) is 16.8. The van der Waals surface area contributed by atoms with Crippen LogP contribution in [0.25, 0.3) is 0 Å². The highest BCUT2D eigenvalue weighted by atomic mass is 16.5. The lowest BCUT2D eigenvalue weighted by Gasteiger charge is -2.22. The Hall–Kier alpha value is -2.10. The van der Waals surface area contributed by atoms with E-state index in [2.05, 4.69) is 11.9 Å². The van der Waals surface area contributed by atoms with Gasteiger partial charge in [-0.05, 0) is 55.4 Å². The van der Waals surface area contributed by atoms with E-state index in [0.29, 0.717) is 13.0 Å². The maximum atomic E-state index is 12.7. The van der Waals surface area contributed by atoms with E-state index in [1.54, 1.807) is 12.5 Å². The Bertz CT molecular complexity index is 692. The number of Topliss-reactive ketones (excluding diaryl/α,β-unsaturated/α-hetero) is 1. The van der Waals surface area contributed by atoms with Crippen molar-refractivity contribution in [2.24, 2.45) is 0 Å². The number of hydrogen-bond acceptors (Lipinski definition) is 3. The first kappa shape index (κ1) is 17.7. The molecular formula is C21H28N2O2. The summed E-state index contributed by atoms with van der Waals surface area (Å²) < 4.78 is 7.99. The van der Waals surface area contributed by atoms with Gasteiger partial charge >= 0.3 is 0 Å². The third-order valence-electron chi connectivity index (χ3n) is 4.95. The van der Waals surface area contributed by atoms with Crippen LogP contribution in [0.15, 0.2) is 30.9 Å². The van der Waals surface area contributed by atoms with Crippen LogP contribution >= 0.6 is 0 Å². The Balaban J connectivity index is 1.72. The van der Waals surface area contributed by atoms with E-state index in [4.69, 9.17) is 4.74 Å². The molecule has 0 bridgehead atoms. The Labute approximate surface area is 150 Å². The van der Waals surface area contributed by atoms with Crippen molar-refractivity contribution < 1.29 is 9.53 Å². The molecule has 0 spiro atoms. The molecule has 1 aliphatic carbocycles. The number of ether oxygens (including phenoxy) is 1. The molecule has 0 amide bonds. The van der Waals surface area contributed by atoms with Crippen LogP contribution in [0.1, 0.15) is 66.9 Å². The van der Waals surface area contributed by atoms with Gasteiger partial charge in [-0.25, -0.2) is 4.98 Å². The van der Waals surface area contributed by atoms with Gasteiger partial charge in [0, 0.05) is 30.9 Å². The molecule has 0 fully saturated rings. The molecule has 1 aromatic heterocycles. The molecule has 0 saturated heterocycles. The van der Waals surface area contributed by atoms with E-state index in [9.17, 15) is 4.79 Å². The Kier molecular flexibility index (Phi) is 6.26. The number of aryl methyl sites for hydroxylation is 1. The van der Waals surface area contributed by atoms with Crippen LogP contribution in [0, 0.1) is 0 Å².